The Hall–Kier alpha value is -2.59. The molecule has 2 rings (SSSR count). The summed E-state index contributed by atoms with van der Waals surface area (Å²) in [6, 6.07) is 16.8. The normalized spacial score (nSPS) is 10.6. The number of ether oxygens (including phenoxy) is 1. The predicted molar refractivity (Wildman–Crippen MR) is 99.8 cm³/mol. The third-order valence-corrected chi connectivity index (χ3v) is 3.70. The van der Waals surface area contributed by atoms with E-state index in [0.717, 1.165) is 11.1 Å². The van der Waals surface area contributed by atoms with Gasteiger partial charge in [-0.3, -0.25) is 4.79 Å². The summed E-state index contributed by atoms with van der Waals surface area (Å²) in [6.45, 7) is 0.753. The summed E-state index contributed by atoms with van der Waals surface area (Å²) in [4.78, 5) is 23.0. The third kappa shape index (κ3) is 6.81. The molecule has 0 radical (unpaired) electrons. The molecule has 0 aliphatic carbocycles. The van der Waals surface area contributed by atoms with Crippen LogP contribution < -0.4 is 5.32 Å². The summed E-state index contributed by atoms with van der Waals surface area (Å²) in [5.74, 6) is -0.100. The number of ketones is 1. The fourth-order valence-electron chi connectivity index (χ4n) is 2.11. The SMILES string of the molecule is O=C(NCCC=Cc1ccc(C(=O)CCl)cc1)OCc1ccccc1. The Morgan fingerprint density at radius 2 is 1.76 bits per heavy atom. The number of carbonyl (C=O) groups is 2. The minimum Gasteiger partial charge on any atom is -0.445 e. The van der Waals surface area contributed by atoms with Crippen LogP contribution in [0.5, 0.6) is 0 Å². The molecule has 130 valence electrons. The van der Waals surface area contributed by atoms with Gasteiger partial charge in [-0.1, -0.05) is 66.7 Å². The fourth-order valence-corrected chi connectivity index (χ4v) is 2.26. The van der Waals surface area contributed by atoms with E-state index < -0.39 is 6.09 Å². The number of rotatable bonds is 8. The van der Waals surface area contributed by atoms with Crippen LogP contribution in [0.1, 0.15) is 27.9 Å². The summed E-state index contributed by atoms with van der Waals surface area (Å²) in [7, 11) is 0. The van der Waals surface area contributed by atoms with Gasteiger partial charge in [-0.15, -0.1) is 11.6 Å². The molecular weight excluding hydrogens is 338 g/mol. The second kappa shape index (κ2) is 10.3. The van der Waals surface area contributed by atoms with Crippen LogP contribution in [-0.4, -0.2) is 24.3 Å². The van der Waals surface area contributed by atoms with Gasteiger partial charge in [-0.05, 0) is 17.5 Å². The average molecular weight is 358 g/mol. The van der Waals surface area contributed by atoms with Crippen LogP contribution in [0.3, 0.4) is 0 Å². The van der Waals surface area contributed by atoms with E-state index in [1.807, 2.05) is 54.6 Å². The molecule has 0 heterocycles. The molecule has 0 aromatic heterocycles. The molecule has 2 aromatic rings. The zero-order chi connectivity index (χ0) is 17.9. The highest BCUT2D eigenvalue weighted by molar-refractivity contribution is 6.30. The van der Waals surface area contributed by atoms with Crippen LogP contribution >= 0.6 is 11.6 Å². The van der Waals surface area contributed by atoms with Crippen LogP contribution in [0.2, 0.25) is 0 Å². The Morgan fingerprint density at radius 1 is 1.04 bits per heavy atom. The highest BCUT2D eigenvalue weighted by Gasteiger charge is 2.02. The number of halogens is 1. The topological polar surface area (TPSA) is 55.4 Å². The first-order chi connectivity index (χ1) is 12.2. The van der Waals surface area contributed by atoms with Gasteiger partial charge >= 0.3 is 6.09 Å². The summed E-state index contributed by atoms with van der Waals surface area (Å²) in [6.07, 6.45) is 4.14. The Morgan fingerprint density at radius 3 is 2.44 bits per heavy atom. The molecule has 0 atom stereocenters. The number of nitrogens with one attached hydrogen (secondary N) is 1. The second-order valence-electron chi connectivity index (χ2n) is 5.36. The first-order valence-electron chi connectivity index (χ1n) is 7.99. The molecule has 0 aliphatic heterocycles. The standard InChI is InChI=1S/C20H20ClNO3/c21-14-19(23)18-11-9-16(10-12-18)6-4-5-13-22-20(24)25-15-17-7-2-1-3-8-17/h1-4,6-12H,5,13-15H2,(H,22,24). The monoisotopic (exact) mass is 357 g/mol. The molecule has 0 spiro atoms. The number of carbonyl (C=O) groups excluding carboxylic acids is 2. The first-order valence-corrected chi connectivity index (χ1v) is 8.53. The molecule has 4 nitrogen and oxygen atoms in total. The van der Waals surface area contributed by atoms with Crippen LogP contribution in [0.25, 0.3) is 6.08 Å². The molecule has 0 saturated carbocycles. The second-order valence-corrected chi connectivity index (χ2v) is 5.63. The largest absolute Gasteiger partial charge is 0.445 e. The van der Waals surface area contributed by atoms with E-state index in [-0.39, 0.29) is 18.3 Å². The van der Waals surface area contributed by atoms with E-state index in [1.54, 1.807) is 12.1 Å². The van der Waals surface area contributed by atoms with E-state index in [9.17, 15) is 9.59 Å². The molecule has 0 bridgehead atoms. The minimum absolute atomic E-state index is 0.0127. The average Bonchev–Trinajstić information content (AvgIpc) is 2.67. The number of hydrogen-bond donors (Lipinski definition) is 1. The quantitative estimate of drug-likeness (QED) is 0.431. The molecule has 0 unspecified atom stereocenters. The van der Waals surface area contributed by atoms with Gasteiger partial charge in [0.15, 0.2) is 5.78 Å². The zero-order valence-corrected chi connectivity index (χ0v) is 14.5. The van der Waals surface area contributed by atoms with Crippen LogP contribution in [0, 0.1) is 0 Å². The summed E-state index contributed by atoms with van der Waals surface area (Å²) < 4.78 is 5.12. The maximum absolute atomic E-state index is 11.6. The Bertz CT molecular complexity index is 711. The smallest absolute Gasteiger partial charge is 0.407 e. The van der Waals surface area contributed by atoms with Crippen LogP contribution in [0.15, 0.2) is 60.7 Å². The van der Waals surface area contributed by atoms with E-state index >= 15 is 0 Å². The van der Waals surface area contributed by atoms with Gasteiger partial charge in [0.25, 0.3) is 0 Å². The van der Waals surface area contributed by atoms with Gasteiger partial charge in [-0.2, -0.15) is 0 Å². The lowest BCUT2D eigenvalue weighted by Crippen LogP contribution is -2.24. The highest BCUT2D eigenvalue weighted by atomic mass is 35.5. The molecule has 1 N–H and O–H groups in total. The number of Topliss-reactive ketones (excluding diaryl/α,β-unsaturated/α-hetero) is 1. The maximum atomic E-state index is 11.6. The van der Waals surface area contributed by atoms with Crippen molar-refractivity contribution >= 4 is 29.6 Å². The van der Waals surface area contributed by atoms with E-state index in [4.69, 9.17) is 16.3 Å². The van der Waals surface area contributed by atoms with Gasteiger partial charge in [0.1, 0.15) is 6.61 Å². The lowest BCUT2D eigenvalue weighted by Gasteiger charge is -2.05. The van der Waals surface area contributed by atoms with Crippen molar-refractivity contribution in [1.29, 1.82) is 0 Å². The Kier molecular flexibility index (Phi) is 7.73. The Balaban J connectivity index is 1.65. The van der Waals surface area contributed by atoms with Gasteiger partial charge in [0.05, 0.1) is 5.88 Å². The molecule has 1 amide bonds. The lowest BCUT2D eigenvalue weighted by molar-refractivity contribution is 0.102. The van der Waals surface area contributed by atoms with Crippen molar-refractivity contribution in [3.63, 3.8) is 0 Å². The van der Waals surface area contributed by atoms with Crippen molar-refractivity contribution < 1.29 is 14.3 Å². The number of benzene rings is 2. The van der Waals surface area contributed by atoms with Gasteiger partial charge in [0.2, 0.25) is 0 Å². The summed E-state index contributed by atoms with van der Waals surface area (Å²) in [5.41, 5.74) is 2.54. The van der Waals surface area contributed by atoms with Crippen molar-refractivity contribution in [2.24, 2.45) is 0 Å². The molecular formula is C20H20ClNO3. The number of alkyl halides is 1. The number of hydrogen-bond acceptors (Lipinski definition) is 3. The predicted octanol–water partition coefficient (Wildman–Crippen LogP) is 4.44. The summed E-state index contributed by atoms with van der Waals surface area (Å²) in [5, 5.41) is 2.70. The van der Waals surface area contributed by atoms with Gasteiger partial charge in [-0.25, -0.2) is 4.79 Å². The highest BCUT2D eigenvalue weighted by Crippen LogP contribution is 2.08. The lowest BCUT2D eigenvalue weighted by atomic mass is 10.1. The summed E-state index contributed by atoms with van der Waals surface area (Å²) >= 11 is 5.52. The molecule has 5 heteroatoms. The van der Waals surface area contributed by atoms with E-state index in [0.29, 0.717) is 18.5 Å². The molecule has 0 fully saturated rings. The molecule has 25 heavy (non-hydrogen) atoms. The van der Waals surface area contributed by atoms with Crippen LogP contribution in [0.4, 0.5) is 4.79 Å². The van der Waals surface area contributed by atoms with Crippen molar-refractivity contribution in [3.05, 3.63) is 77.4 Å². The molecule has 0 aliphatic rings. The van der Waals surface area contributed by atoms with Crippen molar-refractivity contribution in [1.82, 2.24) is 5.32 Å². The fraction of sp³-hybridized carbons (Fsp3) is 0.200. The van der Waals surface area contributed by atoms with Gasteiger partial charge < -0.3 is 10.1 Å². The zero-order valence-electron chi connectivity index (χ0n) is 13.8. The first kappa shape index (κ1) is 18.7. The van der Waals surface area contributed by atoms with Gasteiger partial charge in [0, 0.05) is 12.1 Å². The maximum Gasteiger partial charge on any atom is 0.407 e. The minimum atomic E-state index is -0.429. The van der Waals surface area contributed by atoms with E-state index in [1.165, 1.54) is 0 Å². The van der Waals surface area contributed by atoms with Crippen molar-refractivity contribution in [2.75, 3.05) is 12.4 Å². The van der Waals surface area contributed by atoms with E-state index in [2.05, 4.69) is 5.32 Å². The molecule has 0 saturated heterocycles. The Labute approximate surface area is 152 Å². The van der Waals surface area contributed by atoms with Crippen molar-refractivity contribution in [2.45, 2.75) is 13.0 Å². The van der Waals surface area contributed by atoms with Crippen LogP contribution in [-0.2, 0) is 11.3 Å². The third-order valence-electron chi connectivity index (χ3n) is 3.46. The number of amides is 1. The van der Waals surface area contributed by atoms with Crippen molar-refractivity contribution in [3.8, 4) is 0 Å². The number of alkyl carbamates (subject to hydrolysis) is 1. The molecule has 2 aromatic carbocycles.